The predicted octanol–water partition coefficient (Wildman–Crippen LogP) is 4.96. The van der Waals surface area contributed by atoms with Crippen LogP contribution in [0.2, 0.25) is 5.02 Å². The summed E-state index contributed by atoms with van der Waals surface area (Å²) in [5.74, 6) is 1.50. The van der Waals surface area contributed by atoms with Gasteiger partial charge in [-0.15, -0.1) is 0 Å². The third-order valence-corrected chi connectivity index (χ3v) is 3.93. The van der Waals surface area contributed by atoms with E-state index in [1.165, 1.54) is 0 Å². The topological polar surface area (TPSA) is 30.5 Å². The highest BCUT2D eigenvalue weighted by Crippen LogP contribution is 2.29. The molecule has 0 aliphatic rings. The molecule has 0 atom stereocenters. The van der Waals surface area contributed by atoms with Crippen LogP contribution in [0.5, 0.6) is 11.5 Å². The maximum absolute atomic E-state index is 6.21. The van der Waals surface area contributed by atoms with Crippen molar-refractivity contribution in [3.05, 3.63) is 50.6 Å². The quantitative estimate of drug-likeness (QED) is 0.674. The van der Waals surface area contributed by atoms with Gasteiger partial charge >= 0.3 is 0 Å². The maximum Gasteiger partial charge on any atom is 0.161 e. The van der Waals surface area contributed by atoms with Crippen LogP contribution in [0.4, 0.5) is 5.69 Å². The van der Waals surface area contributed by atoms with E-state index in [9.17, 15) is 0 Å². The summed E-state index contributed by atoms with van der Waals surface area (Å²) in [5, 5.41) is 4.05. The van der Waals surface area contributed by atoms with E-state index in [0.717, 1.165) is 31.3 Å². The zero-order valence-electron chi connectivity index (χ0n) is 12.0. The van der Waals surface area contributed by atoms with Crippen LogP contribution in [0.15, 0.2) is 36.4 Å². The highest BCUT2D eigenvalue weighted by molar-refractivity contribution is 14.1. The zero-order chi connectivity index (χ0) is 15.2. The van der Waals surface area contributed by atoms with Crippen molar-refractivity contribution >= 4 is 39.9 Å². The van der Waals surface area contributed by atoms with Crippen molar-refractivity contribution in [1.82, 2.24) is 0 Å². The van der Waals surface area contributed by atoms with E-state index in [2.05, 4.69) is 27.9 Å². The van der Waals surface area contributed by atoms with Gasteiger partial charge < -0.3 is 14.8 Å². The fourth-order valence-corrected chi connectivity index (χ4v) is 2.85. The van der Waals surface area contributed by atoms with E-state index >= 15 is 0 Å². The Morgan fingerprint density at radius 1 is 1.14 bits per heavy atom. The van der Waals surface area contributed by atoms with E-state index in [1.54, 1.807) is 7.11 Å². The first kappa shape index (κ1) is 16.2. The van der Waals surface area contributed by atoms with Crippen molar-refractivity contribution < 1.29 is 9.47 Å². The highest BCUT2D eigenvalue weighted by Gasteiger charge is 2.06. The van der Waals surface area contributed by atoms with Gasteiger partial charge in [0.05, 0.1) is 24.4 Å². The number of hydrogen-bond acceptors (Lipinski definition) is 3. The van der Waals surface area contributed by atoms with Gasteiger partial charge in [0, 0.05) is 10.1 Å². The lowest BCUT2D eigenvalue weighted by atomic mass is 10.2. The Hall–Kier alpha value is -1.14. The summed E-state index contributed by atoms with van der Waals surface area (Å²) in [6.07, 6.45) is 0. The first-order valence-corrected chi connectivity index (χ1v) is 8.08. The van der Waals surface area contributed by atoms with Gasteiger partial charge in [-0.3, -0.25) is 0 Å². The van der Waals surface area contributed by atoms with Gasteiger partial charge in [0.25, 0.3) is 0 Å². The summed E-state index contributed by atoms with van der Waals surface area (Å²) in [4.78, 5) is 0. The van der Waals surface area contributed by atoms with Crippen LogP contribution in [0, 0.1) is 3.57 Å². The summed E-state index contributed by atoms with van der Waals surface area (Å²) in [5.41, 5.74) is 2.02. The smallest absolute Gasteiger partial charge is 0.161 e. The molecule has 0 radical (unpaired) electrons. The average molecular weight is 418 g/mol. The molecule has 0 bridgehead atoms. The van der Waals surface area contributed by atoms with Gasteiger partial charge in [-0.1, -0.05) is 17.7 Å². The Balaban J connectivity index is 2.09. The summed E-state index contributed by atoms with van der Waals surface area (Å²) >= 11 is 8.45. The Labute approximate surface area is 143 Å². The van der Waals surface area contributed by atoms with Crippen molar-refractivity contribution in [2.24, 2.45) is 0 Å². The lowest BCUT2D eigenvalue weighted by Gasteiger charge is -2.12. The van der Waals surface area contributed by atoms with Gasteiger partial charge in [-0.2, -0.15) is 0 Å². The molecular formula is C16H17ClINO2. The van der Waals surface area contributed by atoms with E-state index < -0.39 is 0 Å². The molecule has 21 heavy (non-hydrogen) atoms. The highest BCUT2D eigenvalue weighted by atomic mass is 127. The maximum atomic E-state index is 6.21. The van der Waals surface area contributed by atoms with E-state index in [1.807, 2.05) is 43.3 Å². The number of hydrogen-bond donors (Lipinski definition) is 1. The molecule has 5 heteroatoms. The predicted molar refractivity (Wildman–Crippen MR) is 95.7 cm³/mol. The molecule has 0 aromatic heterocycles. The van der Waals surface area contributed by atoms with Crippen molar-refractivity contribution in [1.29, 1.82) is 0 Å². The van der Waals surface area contributed by atoms with Crippen molar-refractivity contribution in [2.45, 2.75) is 13.5 Å². The van der Waals surface area contributed by atoms with Gasteiger partial charge in [0.1, 0.15) is 0 Å². The Morgan fingerprint density at radius 2 is 1.95 bits per heavy atom. The second-order valence-electron chi connectivity index (χ2n) is 4.40. The number of benzene rings is 2. The third-order valence-electron chi connectivity index (χ3n) is 2.94. The van der Waals surface area contributed by atoms with E-state index in [4.69, 9.17) is 21.1 Å². The second-order valence-corrected chi connectivity index (χ2v) is 6.05. The molecule has 2 aromatic carbocycles. The molecule has 112 valence electrons. The first-order chi connectivity index (χ1) is 10.1. The minimum atomic E-state index is 0.617. The standard InChI is InChI=1S/C16H17ClINO2/c1-3-21-15-7-4-11(8-16(15)20-2)10-19-14-6-5-12(18)9-13(14)17/h4-9,19H,3,10H2,1-2H3. The first-order valence-electron chi connectivity index (χ1n) is 6.62. The molecule has 0 aliphatic heterocycles. The summed E-state index contributed by atoms with van der Waals surface area (Å²) in [6.45, 7) is 3.24. The minimum absolute atomic E-state index is 0.617. The monoisotopic (exact) mass is 417 g/mol. The summed E-state index contributed by atoms with van der Waals surface area (Å²) < 4.78 is 12.0. The normalized spacial score (nSPS) is 10.3. The Kier molecular flexibility index (Phi) is 5.99. The second kappa shape index (κ2) is 7.75. The van der Waals surface area contributed by atoms with Crippen LogP contribution in [-0.2, 0) is 6.54 Å². The van der Waals surface area contributed by atoms with Gasteiger partial charge in [-0.25, -0.2) is 0 Å². The summed E-state index contributed by atoms with van der Waals surface area (Å²) in [7, 11) is 1.64. The number of nitrogens with one attached hydrogen (secondary N) is 1. The van der Waals surface area contributed by atoms with Crippen LogP contribution < -0.4 is 14.8 Å². The number of anilines is 1. The fourth-order valence-electron chi connectivity index (χ4n) is 1.93. The van der Waals surface area contributed by atoms with E-state index in [-0.39, 0.29) is 0 Å². The molecule has 0 fully saturated rings. The molecule has 2 aromatic rings. The molecule has 0 saturated heterocycles. The molecular weight excluding hydrogens is 401 g/mol. The third kappa shape index (κ3) is 4.41. The molecule has 2 rings (SSSR count). The molecule has 0 aliphatic carbocycles. The zero-order valence-corrected chi connectivity index (χ0v) is 14.9. The van der Waals surface area contributed by atoms with Gasteiger partial charge in [-0.05, 0) is 65.4 Å². The van der Waals surface area contributed by atoms with Crippen LogP contribution in [0.3, 0.4) is 0 Å². The molecule has 0 spiro atoms. The van der Waals surface area contributed by atoms with Crippen molar-refractivity contribution in [2.75, 3.05) is 19.0 Å². The number of methoxy groups -OCH3 is 1. The number of ether oxygens (including phenoxy) is 2. The fraction of sp³-hybridized carbons (Fsp3) is 0.250. The lowest BCUT2D eigenvalue weighted by Crippen LogP contribution is -2.02. The largest absolute Gasteiger partial charge is 0.493 e. The van der Waals surface area contributed by atoms with Gasteiger partial charge in [0.15, 0.2) is 11.5 Å². The van der Waals surface area contributed by atoms with Crippen molar-refractivity contribution in [3.63, 3.8) is 0 Å². The van der Waals surface area contributed by atoms with Crippen LogP contribution >= 0.6 is 34.2 Å². The molecule has 0 heterocycles. The van der Waals surface area contributed by atoms with Crippen LogP contribution in [0.25, 0.3) is 0 Å². The van der Waals surface area contributed by atoms with E-state index in [0.29, 0.717) is 13.2 Å². The summed E-state index contributed by atoms with van der Waals surface area (Å²) in [6, 6.07) is 11.8. The van der Waals surface area contributed by atoms with Gasteiger partial charge in [0.2, 0.25) is 0 Å². The average Bonchev–Trinajstić information content (AvgIpc) is 2.47. The van der Waals surface area contributed by atoms with Crippen LogP contribution in [0.1, 0.15) is 12.5 Å². The van der Waals surface area contributed by atoms with Crippen molar-refractivity contribution in [3.8, 4) is 11.5 Å². The molecule has 0 saturated carbocycles. The number of halogens is 2. The molecule has 0 amide bonds. The minimum Gasteiger partial charge on any atom is -0.493 e. The van der Waals surface area contributed by atoms with Crippen LogP contribution in [-0.4, -0.2) is 13.7 Å². The molecule has 1 N–H and O–H groups in total. The molecule has 3 nitrogen and oxygen atoms in total. The Morgan fingerprint density at radius 3 is 2.62 bits per heavy atom. The molecule has 0 unspecified atom stereocenters. The number of rotatable bonds is 6. The lowest BCUT2D eigenvalue weighted by molar-refractivity contribution is 0.310. The Bertz CT molecular complexity index is 619. The SMILES string of the molecule is CCOc1ccc(CNc2ccc(I)cc2Cl)cc1OC.